The number of halogens is 1. The lowest BCUT2D eigenvalue weighted by atomic mass is 9.77. The molecule has 0 amide bonds. The first-order valence-electron chi connectivity index (χ1n) is 8.80. The summed E-state index contributed by atoms with van der Waals surface area (Å²) in [6.07, 6.45) is 10.1. The Morgan fingerprint density at radius 2 is 1.94 bits per heavy atom. The van der Waals surface area contributed by atoms with Crippen LogP contribution in [0.2, 0.25) is 0 Å². The SMILES string of the molecule is [2H]c1cc(C2CCC(CCCCC)CC2)c([2H])c([2H])c1I. The van der Waals surface area contributed by atoms with Crippen molar-refractivity contribution in [1.29, 1.82) is 0 Å². The van der Waals surface area contributed by atoms with Gasteiger partial charge in [0.25, 0.3) is 0 Å². The third kappa shape index (κ3) is 4.25. The van der Waals surface area contributed by atoms with Crippen molar-refractivity contribution in [3.8, 4) is 0 Å². The van der Waals surface area contributed by atoms with Gasteiger partial charge in [0.05, 0.1) is 4.11 Å². The molecule has 1 saturated carbocycles. The molecule has 0 radical (unpaired) electrons. The maximum atomic E-state index is 8.18. The quantitative estimate of drug-likeness (QED) is 0.437. The van der Waals surface area contributed by atoms with E-state index in [1.807, 2.05) is 28.7 Å². The second kappa shape index (κ2) is 7.52. The van der Waals surface area contributed by atoms with Crippen molar-refractivity contribution in [2.75, 3.05) is 0 Å². The van der Waals surface area contributed by atoms with E-state index in [-0.39, 0.29) is 6.04 Å². The molecular weight excluding hydrogens is 331 g/mol. The van der Waals surface area contributed by atoms with E-state index in [4.69, 9.17) is 4.11 Å². The number of hydrogen-bond donors (Lipinski definition) is 0. The van der Waals surface area contributed by atoms with Crippen LogP contribution in [0, 0.1) is 9.49 Å². The first-order chi connectivity index (χ1) is 10.0. The molecule has 0 saturated heterocycles. The van der Waals surface area contributed by atoms with Gasteiger partial charge in [-0.25, -0.2) is 0 Å². The molecule has 1 aromatic rings. The molecule has 0 nitrogen and oxygen atoms in total. The summed E-state index contributed by atoms with van der Waals surface area (Å²) in [4.78, 5) is 0. The molecule has 0 spiro atoms. The number of hydrogen-bond acceptors (Lipinski definition) is 0. The average Bonchev–Trinajstić information content (AvgIpc) is 2.50. The van der Waals surface area contributed by atoms with Gasteiger partial charge in [0, 0.05) is 3.57 Å². The summed E-state index contributed by atoms with van der Waals surface area (Å²) in [7, 11) is 0. The summed E-state index contributed by atoms with van der Waals surface area (Å²) < 4.78 is 24.7. The highest BCUT2D eigenvalue weighted by Crippen LogP contribution is 2.37. The molecule has 0 aliphatic heterocycles. The second-order valence-corrected chi connectivity index (χ2v) is 6.60. The molecule has 18 heavy (non-hydrogen) atoms. The number of unbranched alkanes of at least 4 members (excludes halogenated alkanes) is 2. The molecule has 0 N–H and O–H groups in total. The van der Waals surface area contributed by atoms with Gasteiger partial charge < -0.3 is 0 Å². The van der Waals surface area contributed by atoms with E-state index >= 15 is 0 Å². The van der Waals surface area contributed by atoms with E-state index in [1.54, 1.807) is 0 Å². The minimum Gasteiger partial charge on any atom is -0.0654 e. The Morgan fingerprint density at radius 3 is 2.67 bits per heavy atom. The zero-order valence-electron chi connectivity index (χ0n) is 14.3. The van der Waals surface area contributed by atoms with Crippen LogP contribution in [-0.2, 0) is 0 Å². The Kier molecular flexibility index (Phi) is 4.47. The van der Waals surface area contributed by atoms with Crippen LogP contribution in [0.1, 0.15) is 73.9 Å². The van der Waals surface area contributed by atoms with Gasteiger partial charge in [-0.1, -0.05) is 44.7 Å². The van der Waals surface area contributed by atoms with E-state index in [0.717, 1.165) is 24.3 Å². The van der Waals surface area contributed by atoms with Crippen molar-refractivity contribution in [2.24, 2.45) is 5.92 Å². The van der Waals surface area contributed by atoms with Gasteiger partial charge in [-0.05, 0) is 77.8 Å². The highest BCUT2D eigenvalue weighted by Gasteiger charge is 2.21. The molecular formula is C17H25I. The summed E-state index contributed by atoms with van der Waals surface area (Å²) in [6, 6.07) is 2.84. The summed E-state index contributed by atoms with van der Waals surface area (Å²) in [5, 5.41) is 0. The van der Waals surface area contributed by atoms with Crippen molar-refractivity contribution in [3.63, 3.8) is 0 Å². The molecule has 1 fully saturated rings. The fraction of sp³-hybridized carbons (Fsp3) is 0.647. The van der Waals surface area contributed by atoms with Crippen LogP contribution in [0.15, 0.2) is 24.2 Å². The zero-order valence-corrected chi connectivity index (χ0v) is 13.4. The third-order valence-corrected chi connectivity index (χ3v) is 4.75. The molecule has 0 bridgehead atoms. The molecule has 0 unspecified atom stereocenters. The van der Waals surface area contributed by atoms with E-state index < -0.39 is 0 Å². The lowest BCUT2D eigenvalue weighted by molar-refractivity contribution is 0.303. The molecule has 1 aliphatic rings. The molecule has 1 aliphatic carbocycles. The summed E-state index contributed by atoms with van der Waals surface area (Å²) in [5.41, 5.74) is 0.942. The van der Waals surface area contributed by atoms with E-state index in [0.29, 0.717) is 21.6 Å². The minimum atomic E-state index is 0.239. The Balaban J connectivity index is 1.99. The van der Waals surface area contributed by atoms with Gasteiger partial charge in [-0.3, -0.25) is 0 Å². The molecule has 2 rings (SSSR count). The maximum Gasteiger partial charge on any atom is 0.0634 e. The Bertz CT molecular complexity index is 479. The van der Waals surface area contributed by atoms with Crippen LogP contribution in [-0.4, -0.2) is 0 Å². The Hall–Kier alpha value is -0.0500. The van der Waals surface area contributed by atoms with Gasteiger partial charge in [-0.15, -0.1) is 0 Å². The lowest BCUT2D eigenvalue weighted by Gasteiger charge is -2.28. The van der Waals surface area contributed by atoms with E-state index in [1.165, 1.54) is 38.5 Å². The van der Waals surface area contributed by atoms with Gasteiger partial charge in [-0.2, -0.15) is 0 Å². The predicted molar refractivity (Wildman–Crippen MR) is 88.0 cm³/mol. The molecule has 0 atom stereocenters. The maximum absolute atomic E-state index is 8.18. The first kappa shape index (κ1) is 10.7. The highest BCUT2D eigenvalue weighted by atomic mass is 127. The molecule has 100 valence electrons. The van der Waals surface area contributed by atoms with Crippen LogP contribution in [0.4, 0.5) is 0 Å². The summed E-state index contributed by atoms with van der Waals surface area (Å²) >= 11 is 2.01. The van der Waals surface area contributed by atoms with Crippen LogP contribution >= 0.6 is 22.6 Å². The van der Waals surface area contributed by atoms with Gasteiger partial charge in [0.1, 0.15) is 0 Å². The van der Waals surface area contributed by atoms with E-state index in [9.17, 15) is 0 Å². The summed E-state index contributed by atoms with van der Waals surface area (Å²) in [6.45, 7) is 2.25. The molecule has 1 aromatic carbocycles. The van der Waals surface area contributed by atoms with Gasteiger partial charge in [0.2, 0.25) is 0 Å². The minimum absolute atomic E-state index is 0.239. The van der Waals surface area contributed by atoms with Gasteiger partial charge in [0.15, 0.2) is 0 Å². The van der Waals surface area contributed by atoms with Gasteiger partial charge >= 0.3 is 0 Å². The van der Waals surface area contributed by atoms with E-state index in [2.05, 4.69) is 6.92 Å². The van der Waals surface area contributed by atoms with Crippen LogP contribution in [0.25, 0.3) is 0 Å². The van der Waals surface area contributed by atoms with Crippen LogP contribution < -0.4 is 0 Å². The van der Waals surface area contributed by atoms with Crippen molar-refractivity contribution in [3.05, 3.63) is 33.3 Å². The van der Waals surface area contributed by atoms with Crippen molar-refractivity contribution in [1.82, 2.24) is 0 Å². The smallest absolute Gasteiger partial charge is 0.0634 e. The number of rotatable bonds is 5. The average molecular weight is 359 g/mol. The summed E-state index contributed by atoms with van der Waals surface area (Å²) in [5.74, 6) is 1.25. The topological polar surface area (TPSA) is 0 Å². The standard InChI is InChI=1S/C17H25I/c1-2-3-4-5-14-6-8-15(9-7-14)16-10-12-17(18)13-11-16/h10-15H,2-9H2,1H3/i10D,12D,13D. The highest BCUT2D eigenvalue weighted by molar-refractivity contribution is 14.1. The molecule has 1 heteroatoms. The van der Waals surface area contributed by atoms with Crippen molar-refractivity contribution >= 4 is 22.6 Å². The van der Waals surface area contributed by atoms with Crippen LogP contribution in [0.5, 0.6) is 0 Å². The fourth-order valence-corrected chi connectivity index (χ4v) is 3.30. The largest absolute Gasteiger partial charge is 0.0654 e. The first-order valence-corrected chi connectivity index (χ1v) is 8.38. The molecule has 0 aromatic heterocycles. The van der Waals surface area contributed by atoms with Crippen LogP contribution in [0.3, 0.4) is 0 Å². The Morgan fingerprint density at radius 1 is 1.17 bits per heavy atom. The normalized spacial score (nSPS) is 26.4. The van der Waals surface area contributed by atoms with Crippen molar-refractivity contribution < 1.29 is 4.11 Å². The third-order valence-electron chi connectivity index (χ3n) is 4.17. The van der Waals surface area contributed by atoms with Crippen molar-refractivity contribution in [2.45, 2.75) is 64.2 Å². The number of benzene rings is 1. The second-order valence-electron chi connectivity index (χ2n) is 5.52. The fourth-order valence-electron chi connectivity index (χ4n) is 3.01. The predicted octanol–water partition coefficient (Wildman–Crippen LogP) is 6.15. The zero-order chi connectivity index (χ0) is 15.4. The molecule has 0 heterocycles. The Labute approximate surface area is 130 Å². The monoisotopic (exact) mass is 359 g/mol. The lowest BCUT2D eigenvalue weighted by Crippen LogP contribution is -2.13.